The predicted molar refractivity (Wildman–Crippen MR) is 85.1 cm³/mol. The molecule has 1 N–H and O–H groups in total. The van der Waals surface area contributed by atoms with Gasteiger partial charge in [0, 0.05) is 10.6 Å². The van der Waals surface area contributed by atoms with Crippen molar-refractivity contribution in [1.82, 2.24) is 0 Å². The summed E-state index contributed by atoms with van der Waals surface area (Å²) in [7, 11) is 0. The average Bonchev–Trinajstić information content (AvgIpc) is 2.38. The van der Waals surface area contributed by atoms with Crippen LogP contribution in [0.4, 0.5) is 4.39 Å². The van der Waals surface area contributed by atoms with Crippen molar-refractivity contribution in [3.8, 4) is 0 Å². The maximum absolute atomic E-state index is 14.0. The van der Waals surface area contributed by atoms with Gasteiger partial charge in [0.25, 0.3) is 0 Å². The van der Waals surface area contributed by atoms with Crippen LogP contribution in [0.15, 0.2) is 42.5 Å². The Morgan fingerprint density at radius 2 is 1.76 bits per heavy atom. The smallest absolute Gasteiger partial charge is 0.131 e. The molecule has 2 aromatic carbocycles. The minimum atomic E-state index is -1.46. The first-order chi connectivity index (χ1) is 9.82. The molecule has 0 unspecified atom stereocenters. The molecule has 0 saturated heterocycles. The standard InChI is InChI=1S/C18H20ClFO/c1-12(2)11-13-7-9-14(10-8-13)18(3,21)17-15(19)5-4-6-16(17)20/h4-10,12,21H,11H2,1-3H3/t18-/m0/s1. The number of hydrogen-bond donors (Lipinski definition) is 1. The van der Waals surface area contributed by atoms with Gasteiger partial charge in [-0.3, -0.25) is 0 Å². The second kappa shape index (κ2) is 6.17. The van der Waals surface area contributed by atoms with Crippen molar-refractivity contribution in [1.29, 1.82) is 0 Å². The number of rotatable bonds is 4. The van der Waals surface area contributed by atoms with E-state index in [1.807, 2.05) is 24.3 Å². The van der Waals surface area contributed by atoms with Gasteiger partial charge in [0.15, 0.2) is 0 Å². The molecule has 1 nitrogen and oxygen atoms in total. The predicted octanol–water partition coefficient (Wildman–Crippen LogP) is 4.93. The van der Waals surface area contributed by atoms with Crippen LogP contribution in [0, 0.1) is 11.7 Å². The first kappa shape index (κ1) is 16.0. The number of halogens is 2. The Bertz CT molecular complexity index is 597. The van der Waals surface area contributed by atoms with Crippen LogP contribution in [0.1, 0.15) is 37.5 Å². The molecule has 0 aliphatic carbocycles. The first-order valence-corrected chi connectivity index (χ1v) is 7.46. The molecule has 21 heavy (non-hydrogen) atoms. The van der Waals surface area contributed by atoms with Crippen LogP contribution in [0.3, 0.4) is 0 Å². The molecule has 2 rings (SSSR count). The molecule has 0 aliphatic rings. The normalized spacial score (nSPS) is 14.2. The summed E-state index contributed by atoms with van der Waals surface area (Å²) in [5.74, 6) is 0.0659. The maximum atomic E-state index is 14.0. The molecule has 0 saturated carbocycles. The molecule has 2 aromatic rings. The van der Waals surface area contributed by atoms with Crippen LogP contribution < -0.4 is 0 Å². The van der Waals surface area contributed by atoms with Crippen molar-refractivity contribution >= 4 is 11.6 Å². The average molecular weight is 307 g/mol. The Morgan fingerprint density at radius 1 is 1.14 bits per heavy atom. The van der Waals surface area contributed by atoms with Gasteiger partial charge in [-0.15, -0.1) is 0 Å². The lowest BCUT2D eigenvalue weighted by Gasteiger charge is -2.26. The Balaban J connectivity index is 2.39. The van der Waals surface area contributed by atoms with E-state index in [0.717, 1.165) is 6.42 Å². The first-order valence-electron chi connectivity index (χ1n) is 7.08. The van der Waals surface area contributed by atoms with Gasteiger partial charge in [-0.25, -0.2) is 4.39 Å². The van der Waals surface area contributed by atoms with E-state index in [1.165, 1.54) is 17.7 Å². The van der Waals surface area contributed by atoms with E-state index < -0.39 is 11.4 Å². The van der Waals surface area contributed by atoms with Gasteiger partial charge in [0.05, 0.1) is 0 Å². The minimum absolute atomic E-state index is 0.114. The second-order valence-electron chi connectivity index (χ2n) is 5.96. The molecule has 0 bridgehead atoms. The zero-order chi connectivity index (χ0) is 15.6. The minimum Gasteiger partial charge on any atom is -0.381 e. The summed E-state index contributed by atoms with van der Waals surface area (Å²) in [5, 5.41) is 11.0. The molecule has 0 aliphatic heterocycles. The molecule has 3 heteroatoms. The lowest BCUT2D eigenvalue weighted by molar-refractivity contribution is 0.0980. The van der Waals surface area contributed by atoms with Crippen LogP contribution in [0.25, 0.3) is 0 Å². The van der Waals surface area contributed by atoms with Gasteiger partial charge in [0.2, 0.25) is 0 Å². The van der Waals surface area contributed by atoms with E-state index in [-0.39, 0.29) is 10.6 Å². The van der Waals surface area contributed by atoms with Crippen LogP contribution >= 0.6 is 11.6 Å². The van der Waals surface area contributed by atoms with Gasteiger partial charge in [-0.1, -0.05) is 55.8 Å². The Labute approximate surface area is 130 Å². The highest BCUT2D eigenvalue weighted by Gasteiger charge is 2.31. The van der Waals surface area contributed by atoms with E-state index >= 15 is 0 Å². The Morgan fingerprint density at radius 3 is 2.29 bits per heavy atom. The summed E-state index contributed by atoms with van der Waals surface area (Å²) >= 11 is 6.06. The third-order valence-electron chi connectivity index (χ3n) is 3.61. The van der Waals surface area contributed by atoms with Crippen molar-refractivity contribution in [2.75, 3.05) is 0 Å². The quantitative estimate of drug-likeness (QED) is 0.849. The van der Waals surface area contributed by atoms with Crippen molar-refractivity contribution in [3.63, 3.8) is 0 Å². The molecule has 112 valence electrons. The van der Waals surface area contributed by atoms with Gasteiger partial charge in [-0.05, 0) is 42.5 Å². The highest BCUT2D eigenvalue weighted by atomic mass is 35.5. The third-order valence-corrected chi connectivity index (χ3v) is 3.92. The lowest BCUT2D eigenvalue weighted by atomic mass is 9.87. The van der Waals surface area contributed by atoms with Crippen LogP contribution in [0.5, 0.6) is 0 Å². The van der Waals surface area contributed by atoms with E-state index in [4.69, 9.17) is 11.6 Å². The molecule has 0 heterocycles. The van der Waals surface area contributed by atoms with Gasteiger partial charge < -0.3 is 5.11 Å². The molecule has 0 spiro atoms. The third kappa shape index (κ3) is 3.45. The highest BCUT2D eigenvalue weighted by Crippen LogP contribution is 2.35. The number of hydrogen-bond acceptors (Lipinski definition) is 1. The number of benzene rings is 2. The van der Waals surface area contributed by atoms with Crippen LogP contribution in [0.2, 0.25) is 5.02 Å². The maximum Gasteiger partial charge on any atom is 0.131 e. The summed E-state index contributed by atoms with van der Waals surface area (Å²) in [6.45, 7) is 5.88. The zero-order valence-electron chi connectivity index (χ0n) is 12.5. The Kier molecular flexibility index (Phi) is 4.70. The molecular weight excluding hydrogens is 287 g/mol. The number of aliphatic hydroxyl groups is 1. The molecular formula is C18H20ClFO. The SMILES string of the molecule is CC(C)Cc1ccc([C@](C)(O)c2c(F)cccc2Cl)cc1. The monoisotopic (exact) mass is 306 g/mol. The summed E-state index contributed by atoms with van der Waals surface area (Å²) in [6, 6.07) is 12.0. The second-order valence-corrected chi connectivity index (χ2v) is 6.37. The Hall–Kier alpha value is -1.38. The van der Waals surface area contributed by atoms with E-state index in [1.54, 1.807) is 13.0 Å². The molecule has 0 amide bonds. The molecule has 1 atom stereocenters. The van der Waals surface area contributed by atoms with Crippen molar-refractivity contribution in [3.05, 3.63) is 70.0 Å². The molecule has 0 fully saturated rings. The van der Waals surface area contributed by atoms with Gasteiger partial charge in [-0.2, -0.15) is 0 Å². The lowest BCUT2D eigenvalue weighted by Crippen LogP contribution is -2.25. The molecule has 0 radical (unpaired) electrons. The van der Waals surface area contributed by atoms with Gasteiger partial charge >= 0.3 is 0 Å². The fraction of sp³-hybridized carbons (Fsp3) is 0.333. The van der Waals surface area contributed by atoms with Crippen molar-refractivity contribution in [2.24, 2.45) is 5.92 Å². The van der Waals surface area contributed by atoms with Crippen LogP contribution in [-0.4, -0.2) is 5.11 Å². The summed E-state index contributed by atoms with van der Waals surface area (Å²) in [5.41, 5.74) is 0.480. The summed E-state index contributed by atoms with van der Waals surface area (Å²) in [6.07, 6.45) is 0.975. The summed E-state index contributed by atoms with van der Waals surface area (Å²) in [4.78, 5) is 0. The van der Waals surface area contributed by atoms with E-state index in [0.29, 0.717) is 11.5 Å². The fourth-order valence-corrected chi connectivity index (χ4v) is 2.89. The zero-order valence-corrected chi connectivity index (χ0v) is 13.3. The van der Waals surface area contributed by atoms with Crippen molar-refractivity contribution in [2.45, 2.75) is 32.8 Å². The van der Waals surface area contributed by atoms with E-state index in [9.17, 15) is 9.50 Å². The highest BCUT2D eigenvalue weighted by molar-refractivity contribution is 6.31. The largest absolute Gasteiger partial charge is 0.381 e. The van der Waals surface area contributed by atoms with Crippen molar-refractivity contribution < 1.29 is 9.50 Å². The topological polar surface area (TPSA) is 20.2 Å². The van der Waals surface area contributed by atoms with Gasteiger partial charge in [0.1, 0.15) is 11.4 Å². The van der Waals surface area contributed by atoms with Crippen LogP contribution in [-0.2, 0) is 12.0 Å². The molecule has 0 aromatic heterocycles. The van der Waals surface area contributed by atoms with E-state index in [2.05, 4.69) is 13.8 Å². The fourth-order valence-electron chi connectivity index (χ4n) is 2.54. The summed E-state index contributed by atoms with van der Waals surface area (Å²) < 4.78 is 14.0.